The van der Waals surface area contributed by atoms with E-state index in [0.717, 1.165) is 32.8 Å². The lowest BCUT2D eigenvalue weighted by molar-refractivity contribution is 0.0499. The molecule has 1 rings (SSSR count). The summed E-state index contributed by atoms with van der Waals surface area (Å²) in [6, 6.07) is 0.471. The molecule has 0 aromatic heterocycles. The average molecular weight is 229 g/mol. The van der Waals surface area contributed by atoms with Crippen molar-refractivity contribution in [2.24, 2.45) is 11.7 Å². The summed E-state index contributed by atoms with van der Waals surface area (Å²) in [4.78, 5) is 5.01. The standard InChI is InChI=1S/C12H27N3O/c1-4-14-5-7-15(8-6-14)12(9-13)11(2)10-16-3/h11-12H,4-10,13H2,1-3H3. The van der Waals surface area contributed by atoms with E-state index in [2.05, 4.69) is 23.6 Å². The summed E-state index contributed by atoms with van der Waals surface area (Å²) in [7, 11) is 1.76. The molecule has 1 aliphatic heterocycles. The van der Waals surface area contributed by atoms with Crippen LogP contribution in [-0.2, 0) is 4.74 Å². The van der Waals surface area contributed by atoms with Crippen molar-refractivity contribution in [2.45, 2.75) is 19.9 Å². The fraction of sp³-hybridized carbons (Fsp3) is 1.00. The number of rotatable bonds is 6. The van der Waals surface area contributed by atoms with Crippen molar-refractivity contribution in [3.8, 4) is 0 Å². The Kier molecular flexibility index (Phi) is 6.28. The van der Waals surface area contributed by atoms with E-state index in [0.29, 0.717) is 12.0 Å². The third kappa shape index (κ3) is 3.70. The van der Waals surface area contributed by atoms with E-state index < -0.39 is 0 Å². The predicted octanol–water partition coefficient (Wildman–Crippen LogP) is 0.234. The molecule has 0 aliphatic carbocycles. The summed E-state index contributed by atoms with van der Waals surface area (Å²) in [5, 5.41) is 0. The van der Waals surface area contributed by atoms with Crippen molar-refractivity contribution in [3.05, 3.63) is 0 Å². The first-order chi connectivity index (χ1) is 7.72. The Bertz CT molecular complexity index is 181. The molecule has 2 N–H and O–H groups in total. The van der Waals surface area contributed by atoms with Crippen LogP contribution in [0.25, 0.3) is 0 Å². The molecule has 0 aromatic rings. The topological polar surface area (TPSA) is 41.7 Å². The summed E-state index contributed by atoms with van der Waals surface area (Å²) in [5.41, 5.74) is 5.89. The number of nitrogens with zero attached hydrogens (tertiary/aromatic N) is 2. The minimum Gasteiger partial charge on any atom is -0.384 e. The highest BCUT2D eigenvalue weighted by molar-refractivity contribution is 4.82. The number of nitrogens with two attached hydrogens (primary N) is 1. The molecule has 0 amide bonds. The summed E-state index contributed by atoms with van der Waals surface area (Å²) >= 11 is 0. The number of ether oxygens (including phenoxy) is 1. The minimum absolute atomic E-state index is 0.471. The van der Waals surface area contributed by atoms with E-state index in [1.54, 1.807) is 7.11 Å². The van der Waals surface area contributed by atoms with Gasteiger partial charge >= 0.3 is 0 Å². The summed E-state index contributed by atoms with van der Waals surface area (Å²) in [5.74, 6) is 0.517. The van der Waals surface area contributed by atoms with Crippen molar-refractivity contribution >= 4 is 0 Å². The van der Waals surface area contributed by atoms with Gasteiger partial charge in [-0.05, 0) is 12.5 Å². The monoisotopic (exact) mass is 229 g/mol. The number of methoxy groups -OCH3 is 1. The van der Waals surface area contributed by atoms with Crippen molar-refractivity contribution in [1.29, 1.82) is 0 Å². The zero-order chi connectivity index (χ0) is 12.0. The number of likely N-dealkylation sites (N-methyl/N-ethyl adjacent to an activating group) is 1. The Morgan fingerprint density at radius 3 is 2.31 bits per heavy atom. The van der Waals surface area contributed by atoms with Crippen LogP contribution in [0.3, 0.4) is 0 Å². The Morgan fingerprint density at radius 1 is 1.25 bits per heavy atom. The molecule has 0 bridgehead atoms. The van der Waals surface area contributed by atoms with Crippen molar-refractivity contribution in [2.75, 3.05) is 53.0 Å². The third-order valence-electron chi connectivity index (χ3n) is 3.65. The van der Waals surface area contributed by atoms with E-state index >= 15 is 0 Å². The van der Waals surface area contributed by atoms with Gasteiger partial charge in [0.05, 0.1) is 6.61 Å². The molecule has 2 atom stereocenters. The van der Waals surface area contributed by atoms with Gasteiger partial charge in [-0.2, -0.15) is 0 Å². The fourth-order valence-electron chi connectivity index (χ4n) is 2.53. The molecule has 4 nitrogen and oxygen atoms in total. The zero-order valence-corrected chi connectivity index (χ0v) is 11.0. The maximum Gasteiger partial charge on any atom is 0.0503 e. The van der Waals surface area contributed by atoms with Gasteiger partial charge in [-0.25, -0.2) is 0 Å². The first-order valence-corrected chi connectivity index (χ1v) is 6.38. The molecule has 1 fully saturated rings. The minimum atomic E-state index is 0.471. The summed E-state index contributed by atoms with van der Waals surface area (Å²) < 4.78 is 5.23. The molecule has 1 heterocycles. The van der Waals surface area contributed by atoms with Crippen LogP contribution in [0, 0.1) is 5.92 Å². The second-order valence-electron chi connectivity index (χ2n) is 4.71. The molecule has 0 radical (unpaired) electrons. The van der Waals surface area contributed by atoms with Crippen LogP contribution in [0.5, 0.6) is 0 Å². The average Bonchev–Trinajstić information content (AvgIpc) is 2.31. The Balaban J connectivity index is 2.42. The lowest BCUT2D eigenvalue weighted by Crippen LogP contribution is -2.54. The second kappa shape index (κ2) is 7.22. The largest absolute Gasteiger partial charge is 0.384 e. The second-order valence-corrected chi connectivity index (χ2v) is 4.71. The molecule has 0 saturated carbocycles. The van der Waals surface area contributed by atoms with Gasteiger partial charge in [0.1, 0.15) is 0 Å². The first-order valence-electron chi connectivity index (χ1n) is 6.38. The van der Waals surface area contributed by atoms with E-state index in [1.165, 1.54) is 13.1 Å². The number of piperazine rings is 1. The molecule has 0 spiro atoms. The van der Waals surface area contributed by atoms with Crippen LogP contribution in [0.1, 0.15) is 13.8 Å². The molecular formula is C12H27N3O. The van der Waals surface area contributed by atoms with Gasteiger partial charge in [0.15, 0.2) is 0 Å². The van der Waals surface area contributed by atoms with E-state index in [-0.39, 0.29) is 0 Å². The van der Waals surface area contributed by atoms with Gasteiger partial charge in [-0.3, -0.25) is 4.90 Å². The van der Waals surface area contributed by atoms with Crippen LogP contribution >= 0.6 is 0 Å². The fourth-order valence-corrected chi connectivity index (χ4v) is 2.53. The van der Waals surface area contributed by atoms with Crippen LogP contribution in [0.2, 0.25) is 0 Å². The van der Waals surface area contributed by atoms with Crippen LogP contribution in [-0.4, -0.2) is 68.8 Å². The van der Waals surface area contributed by atoms with Gasteiger partial charge in [0.25, 0.3) is 0 Å². The lowest BCUT2D eigenvalue weighted by Gasteiger charge is -2.40. The molecule has 16 heavy (non-hydrogen) atoms. The lowest BCUT2D eigenvalue weighted by atomic mass is 10.0. The molecule has 4 heteroatoms. The molecule has 0 aromatic carbocycles. The predicted molar refractivity (Wildman–Crippen MR) is 67.6 cm³/mol. The first kappa shape index (κ1) is 13.9. The van der Waals surface area contributed by atoms with Gasteiger partial charge in [0.2, 0.25) is 0 Å². The van der Waals surface area contributed by atoms with Gasteiger partial charge in [-0.1, -0.05) is 13.8 Å². The van der Waals surface area contributed by atoms with Crippen LogP contribution in [0.4, 0.5) is 0 Å². The van der Waals surface area contributed by atoms with Crippen molar-refractivity contribution in [3.63, 3.8) is 0 Å². The highest BCUT2D eigenvalue weighted by Gasteiger charge is 2.26. The maximum atomic E-state index is 5.89. The molecule has 1 saturated heterocycles. The van der Waals surface area contributed by atoms with Gasteiger partial charge in [-0.15, -0.1) is 0 Å². The Hall–Kier alpha value is -0.160. The van der Waals surface area contributed by atoms with E-state index in [9.17, 15) is 0 Å². The quantitative estimate of drug-likeness (QED) is 0.708. The number of hydrogen-bond donors (Lipinski definition) is 1. The van der Waals surface area contributed by atoms with Crippen molar-refractivity contribution < 1.29 is 4.74 Å². The molecule has 1 aliphatic rings. The molecular weight excluding hydrogens is 202 g/mol. The zero-order valence-electron chi connectivity index (χ0n) is 11.0. The van der Waals surface area contributed by atoms with Gasteiger partial charge in [0, 0.05) is 45.9 Å². The van der Waals surface area contributed by atoms with Crippen molar-refractivity contribution in [1.82, 2.24) is 9.80 Å². The molecule has 96 valence electrons. The third-order valence-corrected chi connectivity index (χ3v) is 3.65. The maximum absolute atomic E-state index is 5.89. The van der Waals surface area contributed by atoms with Gasteiger partial charge < -0.3 is 15.4 Å². The highest BCUT2D eigenvalue weighted by atomic mass is 16.5. The van der Waals surface area contributed by atoms with E-state index in [4.69, 9.17) is 10.5 Å². The Morgan fingerprint density at radius 2 is 1.88 bits per heavy atom. The van der Waals surface area contributed by atoms with Crippen LogP contribution < -0.4 is 5.73 Å². The summed E-state index contributed by atoms with van der Waals surface area (Å²) in [6.45, 7) is 11.8. The smallest absolute Gasteiger partial charge is 0.0503 e. The normalized spacial score (nSPS) is 23.2. The highest BCUT2D eigenvalue weighted by Crippen LogP contribution is 2.13. The molecule has 2 unspecified atom stereocenters. The Labute approximate surface area is 99.7 Å². The van der Waals surface area contributed by atoms with Crippen LogP contribution in [0.15, 0.2) is 0 Å². The van der Waals surface area contributed by atoms with E-state index in [1.807, 2.05) is 0 Å². The summed E-state index contributed by atoms with van der Waals surface area (Å²) in [6.07, 6.45) is 0. The SMILES string of the molecule is CCN1CCN(C(CN)C(C)COC)CC1. The number of hydrogen-bond acceptors (Lipinski definition) is 4.